The molecule has 82 valence electrons. The summed E-state index contributed by atoms with van der Waals surface area (Å²) in [5.41, 5.74) is 7.33. The van der Waals surface area contributed by atoms with Crippen LogP contribution in [0.25, 0.3) is 11.3 Å². The zero-order valence-electron chi connectivity index (χ0n) is 8.76. The van der Waals surface area contributed by atoms with Crippen molar-refractivity contribution in [2.24, 2.45) is 5.73 Å². The highest BCUT2D eigenvalue weighted by molar-refractivity contribution is 6.30. The maximum absolute atomic E-state index is 5.91. The molecule has 2 rings (SSSR count). The van der Waals surface area contributed by atoms with Gasteiger partial charge in [0.15, 0.2) is 5.82 Å². The van der Waals surface area contributed by atoms with Crippen LogP contribution in [-0.2, 0) is 0 Å². The van der Waals surface area contributed by atoms with Crippen molar-refractivity contribution in [3.05, 3.63) is 41.3 Å². The predicted molar refractivity (Wildman–Crippen MR) is 62.9 cm³/mol. The first-order chi connectivity index (χ1) is 7.66. The summed E-state index contributed by atoms with van der Waals surface area (Å²) in [7, 11) is 0. The third kappa shape index (κ3) is 2.35. The van der Waals surface area contributed by atoms with Gasteiger partial charge in [-0.2, -0.15) is 5.10 Å². The van der Waals surface area contributed by atoms with Crippen molar-refractivity contribution in [3.8, 4) is 11.3 Å². The lowest BCUT2D eigenvalue weighted by atomic mass is 10.1. The topological polar surface area (TPSA) is 64.7 Å². The second kappa shape index (κ2) is 4.55. The fourth-order valence-corrected chi connectivity index (χ4v) is 1.49. The largest absolute Gasteiger partial charge is 0.321 e. The van der Waals surface area contributed by atoms with Gasteiger partial charge in [0.05, 0.1) is 17.9 Å². The van der Waals surface area contributed by atoms with Crippen molar-refractivity contribution in [2.75, 3.05) is 0 Å². The summed E-state index contributed by atoms with van der Waals surface area (Å²) in [6.07, 6.45) is 1.59. The number of halogens is 1. The van der Waals surface area contributed by atoms with E-state index in [1.807, 2.05) is 31.2 Å². The minimum Gasteiger partial charge on any atom is -0.321 e. The van der Waals surface area contributed by atoms with Crippen molar-refractivity contribution in [1.82, 2.24) is 15.2 Å². The molecule has 1 atom stereocenters. The normalized spacial score (nSPS) is 12.4. The van der Waals surface area contributed by atoms with Crippen LogP contribution >= 0.6 is 11.6 Å². The Kier molecular flexibility index (Phi) is 3.12. The average Bonchev–Trinajstić information content (AvgIpc) is 2.29. The van der Waals surface area contributed by atoms with Crippen molar-refractivity contribution in [1.29, 1.82) is 0 Å². The fraction of sp³-hybridized carbons (Fsp3) is 0.182. The molecule has 1 heterocycles. The Hall–Kier alpha value is -1.52. The van der Waals surface area contributed by atoms with E-state index in [-0.39, 0.29) is 6.04 Å². The van der Waals surface area contributed by atoms with E-state index in [1.165, 1.54) is 0 Å². The Balaban J connectivity index is 2.44. The van der Waals surface area contributed by atoms with Crippen molar-refractivity contribution < 1.29 is 0 Å². The van der Waals surface area contributed by atoms with E-state index >= 15 is 0 Å². The quantitative estimate of drug-likeness (QED) is 0.865. The molecular formula is C11H11ClN4. The molecule has 0 saturated heterocycles. The third-order valence-electron chi connectivity index (χ3n) is 2.10. The summed E-state index contributed by atoms with van der Waals surface area (Å²) in [6.45, 7) is 1.82. The van der Waals surface area contributed by atoms with E-state index in [1.54, 1.807) is 6.20 Å². The molecule has 0 fully saturated rings. The summed E-state index contributed by atoms with van der Waals surface area (Å²) >= 11 is 5.91. The fourth-order valence-electron chi connectivity index (χ4n) is 1.30. The number of hydrogen-bond donors (Lipinski definition) is 1. The molecule has 4 nitrogen and oxygen atoms in total. The number of hydrogen-bond acceptors (Lipinski definition) is 4. The highest BCUT2D eigenvalue weighted by Crippen LogP contribution is 2.20. The molecule has 0 spiro atoms. The third-order valence-corrected chi connectivity index (χ3v) is 2.34. The average molecular weight is 235 g/mol. The zero-order chi connectivity index (χ0) is 11.5. The molecule has 0 aliphatic heterocycles. The van der Waals surface area contributed by atoms with Gasteiger partial charge in [0.2, 0.25) is 0 Å². The second-order valence-electron chi connectivity index (χ2n) is 3.50. The van der Waals surface area contributed by atoms with Crippen LogP contribution in [-0.4, -0.2) is 15.2 Å². The lowest BCUT2D eigenvalue weighted by Gasteiger charge is -2.05. The molecule has 0 radical (unpaired) electrons. The number of nitrogens with two attached hydrogens (primary N) is 1. The van der Waals surface area contributed by atoms with E-state index in [0.717, 1.165) is 11.3 Å². The van der Waals surface area contributed by atoms with Crippen LogP contribution in [0.4, 0.5) is 0 Å². The van der Waals surface area contributed by atoms with Crippen LogP contribution in [0.15, 0.2) is 30.5 Å². The van der Waals surface area contributed by atoms with E-state index < -0.39 is 0 Å². The van der Waals surface area contributed by atoms with Gasteiger partial charge in [-0.25, -0.2) is 4.98 Å². The van der Waals surface area contributed by atoms with Crippen LogP contribution < -0.4 is 5.73 Å². The first-order valence-electron chi connectivity index (χ1n) is 4.88. The molecule has 0 aliphatic carbocycles. The van der Waals surface area contributed by atoms with Crippen LogP contribution in [0.5, 0.6) is 0 Å². The van der Waals surface area contributed by atoms with Crippen LogP contribution in [0.1, 0.15) is 18.8 Å². The van der Waals surface area contributed by atoms with E-state index in [2.05, 4.69) is 15.2 Å². The van der Waals surface area contributed by atoms with Crippen LogP contribution in [0, 0.1) is 0 Å². The molecule has 0 aliphatic rings. The SMILES string of the molecule is CC(N)c1nncc(-c2cccc(Cl)c2)n1. The van der Waals surface area contributed by atoms with Crippen molar-refractivity contribution in [3.63, 3.8) is 0 Å². The molecule has 1 aromatic carbocycles. The number of nitrogens with zero attached hydrogens (tertiary/aromatic N) is 3. The molecule has 2 N–H and O–H groups in total. The van der Waals surface area contributed by atoms with Gasteiger partial charge in [0, 0.05) is 10.6 Å². The number of aromatic nitrogens is 3. The summed E-state index contributed by atoms with van der Waals surface area (Å²) < 4.78 is 0. The molecule has 1 unspecified atom stereocenters. The minimum atomic E-state index is -0.230. The summed E-state index contributed by atoms with van der Waals surface area (Å²) in [5, 5.41) is 8.41. The van der Waals surface area contributed by atoms with E-state index in [9.17, 15) is 0 Å². The Morgan fingerprint density at radius 1 is 1.38 bits per heavy atom. The van der Waals surface area contributed by atoms with Crippen LogP contribution in [0.3, 0.4) is 0 Å². The van der Waals surface area contributed by atoms with E-state index in [4.69, 9.17) is 17.3 Å². The summed E-state index contributed by atoms with van der Waals surface area (Å²) in [5.74, 6) is 0.525. The van der Waals surface area contributed by atoms with Gasteiger partial charge in [-0.1, -0.05) is 23.7 Å². The molecule has 1 aromatic heterocycles. The highest BCUT2D eigenvalue weighted by atomic mass is 35.5. The Bertz CT molecular complexity index is 499. The van der Waals surface area contributed by atoms with Crippen molar-refractivity contribution in [2.45, 2.75) is 13.0 Å². The smallest absolute Gasteiger partial charge is 0.168 e. The molecule has 0 amide bonds. The monoisotopic (exact) mass is 234 g/mol. The Labute approximate surface area is 98.5 Å². The predicted octanol–water partition coefficient (Wildman–Crippen LogP) is 2.21. The molecule has 0 saturated carbocycles. The molecule has 16 heavy (non-hydrogen) atoms. The highest BCUT2D eigenvalue weighted by Gasteiger charge is 2.06. The van der Waals surface area contributed by atoms with Crippen molar-refractivity contribution >= 4 is 11.6 Å². The lowest BCUT2D eigenvalue weighted by molar-refractivity contribution is 0.710. The molecular weight excluding hydrogens is 224 g/mol. The number of rotatable bonds is 2. The molecule has 0 bridgehead atoms. The first kappa shape index (κ1) is 11.0. The Morgan fingerprint density at radius 2 is 2.19 bits per heavy atom. The Morgan fingerprint density at radius 3 is 2.88 bits per heavy atom. The molecule has 2 aromatic rings. The summed E-state index contributed by atoms with van der Waals surface area (Å²) in [4.78, 5) is 4.33. The number of benzene rings is 1. The standard InChI is InChI=1S/C11H11ClN4/c1-7(13)11-15-10(6-14-16-11)8-3-2-4-9(12)5-8/h2-7H,13H2,1H3. The lowest BCUT2D eigenvalue weighted by Crippen LogP contribution is -2.11. The van der Waals surface area contributed by atoms with Gasteiger partial charge in [-0.3, -0.25) is 0 Å². The van der Waals surface area contributed by atoms with Gasteiger partial charge in [0.1, 0.15) is 0 Å². The zero-order valence-corrected chi connectivity index (χ0v) is 9.52. The first-order valence-corrected chi connectivity index (χ1v) is 5.26. The van der Waals surface area contributed by atoms with Gasteiger partial charge >= 0.3 is 0 Å². The maximum atomic E-state index is 5.91. The molecule has 5 heteroatoms. The maximum Gasteiger partial charge on any atom is 0.168 e. The second-order valence-corrected chi connectivity index (χ2v) is 3.94. The van der Waals surface area contributed by atoms with Gasteiger partial charge in [-0.15, -0.1) is 5.10 Å². The minimum absolute atomic E-state index is 0.230. The van der Waals surface area contributed by atoms with E-state index in [0.29, 0.717) is 10.8 Å². The summed E-state index contributed by atoms with van der Waals surface area (Å²) in [6, 6.07) is 7.20. The van der Waals surface area contributed by atoms with Gasteiger partial charge in [0.25, 0.3) is 0 Å². The van der Waals surface area contributed by atoms with Gasteiger partial charge in [-0.05, 0) is 19.1 Å². The van der Waals surface area contributed by atoms with Crippen LogP contribution in [0.2, 0.25) is 5.02 Å². The van der Waals surface area contributed by atoms with Gasteiger partial charge < -0.3 is 5.73 Å².